The van der Waals surface area contributed by atoms with Crippen molar-refractivity contribution < 1.29 is 19.1 Å². The van der Waals surface area contributed by atoms with Crippen LogP contribution in [0.1, 0.15) is 56.0 Å². The highest BCUT2D eigenvalue weighted by Gasteiger charge is 2.30. The van der Waals surface area contributed by atoms with Crippen LogP contribution in [-0.2, 0) is 11.3 Å². The topological polar surface area (TPSA) is 62.9 Å². The minimum Gasteiger partial charge on any atom is -0.508 e. The molecule has 30 heavy (non-hydrogen) atoms. The van der Waals surface area contributed by atoms with Crippen LogP contribution in [0.5, 0.6) is 5.75 Å². The van der Waals surface area contributed by atoms with Crippen molar-refractivity contribution in [3.05, 3.63) is 53.6 Å². The number of carbonyl (C=O) groups is 1. The first-order chi connectivity index (χ1) is 14.5. The van der Waals surface area contributed by atoms with E-state index in [1.54, 1.807) is 19.1 Å². The summed E-state index contributed by atoms with van der Waals surface area (Å²) >= 11 is 0. The summed E-state index contributed by atoms with van der Waals surface area (Å²) in [6.45, 7) is 7.07. The number of ether oxygens (including phenoxy) is 1. The van der Waals surface area contributed by atoms with Crippen LogP contribution in [-0.4, -0.2) is 34.7 Å². The van der Waals surface area contributed by atoms with E-state index >= 15 is 0 Å². The van der Waals surface area contributed by atoms with E-state index in [4.69, 9.17) is 9.15 Å². The number of nitrogens with zero attached hydrogens (tertiary/aromatic N) is 1. The van der Waals surface area contributed by atoms with Crippen LogP contribution in [0.3, 0.4) is 0 Å². The van der Waals surface area contributed by atoms with Crippen LogP contribution in [0.2, 0.25) is 0 Å². The molecule has 0 bridgehead atoms. The molecule has 1 aromatic heterocycles. The maximum absolute atomic E-state index is 13.0. The lowest BCUT2D eigenvalue weighted by Gasteiger charge is -2.39. The number of likely N-dealkylation sites (tertiary alicyclic amines) is 1. The summed E-state index contributed by atoms with van der Waals surface area (Å²) in [6.07, 6.45) is 3.48. The standard InChI is InChI=1S/C25H29NO4/c1-4-29-25(28)23-22-19(15-26-16(2)9-8-10-17(26)3)20(27)13-14-21(22)30-24(23)18-11-6-5-7-12-18/h5-7,11-14,16-17,27H,4,8-10,15H2,1-3H3/t16-,17-/m1/s1. The van der Waals surface area contributed by atoms with Gasteiger partial charge in [-0.25, -0.2) is 4.79 Å². The largest absolute Gasteiger partial charge is 0.508 e. The summed E-state index contributed by atoms with van der Waals surface area (Å²) < 4.78 is 11.6. The molecule has 2 heterocycles. The van der Waals surface area contributed by atoms with Gasteiger partial charge in [0.05, 0.1) is 6.61 Å². The molecular formula is C25H29NO4. The van der Waals surface area contributed by atoms with Crippen molar-refractivity contribution in [3.63, 3.8) is 0 Å². The van der Waals surface area contributed by atoms with Gasteiger partial charge in [0.15, 0.2) is 0 Å². The van der Waals surface area contributed by atoms with E-state index in [9.17, 15) is 9.90 Å². The van der Waals surface area contributed by atoms with Crippen LogP contribution in [0.25, 0.3) is 22.3 Å². The Bertz CT molecular complexity index is 1030. The predicted octanol–water partition coefficient (Wildman–Crippen LogP) is 5.75. The molecule has 0 aliphatic carbocycles. The molecule has 4 rings (SSSR count). The number of benzene rings is 2. The van der Waals surface area contributed by atoms with Gasteiger partial charge in [-0.15, -0.1) is 0 Å². The van der Waals surface area contributed by atoms with Gasteiger partial charge in [-0.1, -0.05) is 36.8 Å². The highest BCUT2D eigenvalue weighted by molar-refractivity contribution is 6.10. The van der Waals surface area contributed by atoms with Crippen molar-refractivity contribution in [2.45, 2.75) is 58.7 Å². The third kappa shape index (κ3) is 3.70. The highest BCUT2D eigenvalue weighted by Crippen LogP contribution is 2.40. The zero-order chi connectivity index (χ0) is 21.3. The van der Waals surface area contributed by atoms with Crippen molar-refractivity contribution in [1.29, 1.82) is 0 Å². The molecule has 5 heteroatoms. The van der Waals surface area contributed by atoms with Gasteiger partial charge in [0, 0.05) is 35.1 Å². The quantitative estimate of drug-likeness (QED) is 0.546. The van der Waals surface area contributed by atoms with Crippen molar-refractivity contribution in [1.82, 2.24) is 4.90 Å². The Balaban J connectivity index is 1.91. The molecule has 5 nitrogen and oxygen atoms in total. The zero-order valence-electron chi connectivity index (χ0n) is 17.9. The molecule has 1 aliphatic rings. The van der Waals surface area contributed by atoms with Crippen LogP contribution >= 0.6 is 0 Å². The molecule has 1 fully saturated rings. The number of fused-ring (bicyclic) bond motifs is 1. The van der Waals surface area contributed by atoms with E-state index in [1.807, 2.05) is 30.3 Å². The van der Waals surface area contributed by atoms with Crippen molar-refractivity contribution in [2.75, 3.05) is 6.61 Å². The second kappa shape index (κ2) is 8.52. The molecule has 0 radical (unpaired) electrons. The Morgan fingerprint density at radius 1 is 1.13 bits per heavy atom. The minimum atomic E-state index is -0.429. The molecule has 0 amide bonds. The number of hydrogen-bond donors (Lipinski definition) is 1. The minimum absolute atomic E-state index is 0.179. The van der Waals surface area contributed by atoms with Gasteiger partial charge in [0.2, 0.25) is 0 Å². The lowest BCUT2D eigenvalue weighted by molar-refractivity contribution is 0.0528. The second-order valence-corrected chi connectivity index (χ2v) is 8.13. The first kappa shape index (κ1) is 20.5. The number of aromatic hydroxyl groups is 1. The average molecular weight is 408 g/mol. The summed E-state index contributed by atoms with van der Waals surface area (Å²) in [5.74, 6) is 0.232. The fourth-order valence-corrected chi connectivity index (χ4v) is 4.57. The number of furan rings is 1. The Kier molecular flexibility index (Phi) is 5.82. The number of esters is 1. The number of piperidine rings is 1. The Morgan fingerprint density at radius 3 is 2.50 bits per heavy atom. The molecule has 0 unspecified atom stereocenters. The smallest absolute Gasteiger partial charge is 0.342 e. The number of phenolic OH excluding ortho intramolecular Hbond substituents is 1. The number of phenols is 1. The first-order valence-electron chi connectivity index (χ1n) is 10.8. The van der Waals surface area contributed by atoms with Crippen LogP contribution in [0.4, 0.5) is 0 Å². The predicted molar refractivity (Wildman–Crippen MR) is 118 cm³/mol. The molecule has 1 aliphatic heterocycles. The molecule has 3 aromatic rings. The number of rotatable bonds is 5. The van der Waals surface area contributed by atoms with E-state index in [0.29, 0.717) is 40.9 Å². The number of hydrogen-bond acceptors (Lipinski definition) is 5. The van der Waals surface area contributed by atoms with Crippen molar-refractivity contribution in [2.24, 2.45) is 0 Å². The van der Waals surface area contributed by atoms with Gasteiger partial charge in [-0.3, -0.25) is 4.90 Å². The zero-order valence-corrected chi connectivity index (χ0v) is 17.9. The van der Waals surface area contributed by atoms with E-state index in [0.717, 1.165) is 24.0 Å². The maximum Gasteiger partial charge on any atom is 0.342 e. The Labute approximate surface area is 177 Å². The van der Waals surface area contributed by atoms with Gasteiger partial charge in [0.25, 0.3) is 0 Å². The molecule has 0 saturated carbocycles. The fourth-order valence-electron chi connectivity index (χ4n) is 4.57. The monoisotopic (exact) mass is 407 g/mol. The van der Waals surface area contributed by atoms with E-state index in [1.165, 1.54) is 6.42 Å². The van der Waals surface area contributed by atoms with Gasteiger partial charge in [0.1, 0.15) is 22.7 Å². The van der Waals surface area contributed by atoms with Crippen LogP contribution < -0.4 is 0 Å². The summed E-state index contributed by atoms with van der Waals surface area (Å²) in [5, 5.41) is 11.5. The lowest BCUT2D eigenvalue weighted by Crippen LogP contribution is -2.43. The normalized spacial score (nSPS) is 19.8. The molecule has 1 N–H and O–H groups in total. The van der Waals surface area contributed by atoms with Crippen molar-refractivity contribution >= 4 is 16.9 Å². The van der Waals surface area contributed by atoms with Gasteiger partial charge in [-0.2, -0.15) is 0 Å². The van der Waals surface area contributed by atoms with Crippen molar-refractivity contribution in [3.8, 4) is 17.1 Å². The van der Waals surface area contributed by atoms with Crippen LogP contribution in [0.15, 0.2) is 46.9 Å². The lowest BCUT2D eigenvalue weighted by atomic mass is 9.95. The van der Waals surface area contributed by atoms with E-state index in [2.05, 4.69) is 18.7 Å². The molecule has 2 atom stereocenters. The first-order valence-corrected chi connectivity index (χ1v) is 10.8. The third-order valence-electron chi connectivity index (χ3n) is 6.17. The molecular weight excluding hydrogens is 378 g/mol. The maximum atomic E-state index is 13.0. The summed E-state index contributed by atoms with van der Waals surface area (Å²) in [7, 11) is 0. The van der Waals surface area contributed by atoms with E-state index < -0.39 is 5.97 Å². The number of carbonyl (C=O) groups excluding carboxylic acids is 1. The molecule has 2 aromatic carbocycles. The second-order valence-electron chi connectivity index (χ2n) is 8.13. The third-order valence-corrected chi connectivity index (χ3v) is 6.17. The SMILES string of the molecule is CCOC(=O)c1c(-c2ccccc2)oc2ccc(O)c(CN3[C@H](C)CCC[C@H]3C)c12. The Morgan fingerprint density at radius 2 is 1.83 bits per heavy atom. The molecule has 0 spiro atoms. The van der Waals surface area contributed by atoms with Crippen LogP contribution in [0, 0.1) is 0 Å². The van der Waals surface area contributed by atoms with E-state index in [-0.39, 0.29) is 12.4 Å². The van der Waals surface area contributed by atoms with Gasteiger partial charge in [-0.05, 0) is 45.7 Å². The van der Waals surface area contributed by atoms with Gasteiger partial charge >= 0.3 is 5.97 Å². The summed E-state index contributed by atoms with van der Waals surface area (Å²) in [4.78, 5) is 15.4. The fraction of sp³-hybridized carbons (Fsp3) is 0.400. The molecule has 158 valence electrons. The summed E-state index contributed by atoms with van der Waals surface area (Å²) in [6, 6.07) is 13.8. The van der Waals surface area contributed by atoms with Gasteiger partial charge < -0.3 is 14.3 Å². The molecule has 1 saturated heterocycles. The highest BCUT2D eigenvalue weighted by atomic mass is 16.5. The summed E-state index contributed by atoms with van der Waals surface area (Å²) in [5.41, 5.74) is 2.51. The average Bonchev–Trinajstić information content (AvgIpc) is 3.13. The Hall–Kier alpha value is -2.79.